The summed E-state index contributed by atoms with van der Waals surface area (Å²) in [7, 11) is 3.26. The second-order valence-corrected chi connectivity index (χ2v) is 7.33. The van der Waals surface area contributed by atoms with Crippen molar-refractivity contribution in [3.63, 3.8) is 0 Å². The fourth-order valence-electron chi connectivity index (χ4n) is 3.39. The lowest BCUT2D eigenvalue weighted by Crippen LogP contribution is -2.48. The van der Waals surface area contributed by atoms with E-state index in [0.717, 1.165) is 31.1 Å². The minimum atomic E-state index is -1.82. The maximum Gasteiger partial charge on any atom is 0.414 e. The molecule has 2 aromatic rings. The number of rotatable bonds is 7. The molecule has 3 rings (SSSR count). The Kier molecular flexibility index (Phi) is 10.2. The van der Waals surface area contributed by atoms with E-state index in [1.165, 1.54) is 5.56 Å². The third-order valence-electron chi connectivity index (χ3n) is 5.09. The molecule has 0 aromatic heterocycles. The smallest absolute Gasteiger partial charge is 0.414 e. The number of ether oxygens (including phenoxy) is 3. The average molecular weight is 475 g/mol. The molecule has 1 fully saturated rings. The lowest BCUT2D eigenvalue weighted by atomic mass is 10.1. The number of carbonyl (C=O) groups is 3. The summed E-state index contributed by atoms with van der Waals surface area (Å²) >= 11 is 0. The molecule has 1 saturated heterocycles. The van der Waals surface area contributed by atoms with E-state index < -0.39 is 11.9 Å². The van der Waals surface area contributed by atoms with Crippen molar-refractivity contribution >= 4 is 17.8 Å². The number of piperazine rings is 1. The minimum absolute atomic E-state index is 0.0571. The van der Waals surface area contributed by atoms with Gasteiger partial charge in [-0.1, -0.05) is 12.1 Å². The minimum Gasteiger partial charge on any atom is -0.497 e. The second kappa shape index (κ2) is 13.0. The number of methoxy groups -OCH3 is 2. The number of carboxylic acids is 2. The molecule has 10 heteroatoms. The molecule has 1 aliphatic heterocycles. The van der Waals surface area contributed by atoms with E-state index in [9.17, 15) is 4.79 Å². The summed E-state index contributed by atoms with van der Waals surface area (Å²) in [5.74, 6) is -1.37. The van der Waals surface area contributed by atoms with Gasteiger partial charge in [0.05, 0.1) is 20.8 Å². The highest BCUT2D eigenvalue weighted by Crippen LogP contribution is 2.28. The molecule has 34 heavy (non-hydrogen) atoms. The number of hydrogen-bond donors (Lipinski definition) is 2. The van der Waals surface area contributed by atoms with Crippen molar-refractivity contribution in [2.45, 2.75) is 13.5 Å². The summed E-state index contributed by atoms with van der Waals surface area (Å²) < 4.78 is 16.2. The van der Waals surface area contributed by atoms with E-state index in [1.54, 1.807) is 20.3 Å². The van der Waals surface area contributed by atoms with Crippen molar-refractivity contribution < 1.29 is 38.8 Å². The number of carboxylic acid groups (broad SMARTS) is 2. The van der Waals surface area contributed by atoms with Gasteiger partial charge < -0.3 is 29.3 Å². The number of aliphatic carboxylic acids is 2. The lowest BCUT2D eigenvalue weighted by molar-refractivity contribution is -0.159. The van der Waals surface area contributed by atoms with Crippen LogP contribution in [0.3, 0.4) is 0 Å². The van der Waals surface area contributed by atoms with Gasteiger partial charge in [0.15, 0.2) is 11.5 Å². The van der Waals surface area contributed by atoms with Gasteiger partial charge in [-0.15, -0.1) is 0 Å². The summed E-state index contributed by atoms with van der Waals surface area (Å²) in [5, 5.41) is 14.8. The largest absolute Gasteiger partial charge is 0.497 e. The Hall–Kier alpha value is -3.79. The first-order valence-electron chi connectivity index (χ1n) is 10.7. The fourth-order valence-corrected chi connectivity index (χ4v) is 3.39. The van der Waals surface area contributed by atoms with Crippen LogP contribution < -0.4 is 14.2 Å². The highest BCUT2D eigenvalue weighted by Gasteiger charge is 2.22. The van der Waals surface area contributed by atoms with Crippen molar-refractivity contribution in [2.75, 3.05) is 47.0 Å². The standard InChI is InChI=1S/C22H28N2O4.C2H2O4/c1-4-28-21-14-17(8-9-20(21)27-3)16-23-10-12-24(13-11-23)22(25)18-6-5-7-19(15-18)26-2;3-1(4)2(5)6/h5-9,14-15H,4,10-13,16H2,1-3H3;(H,3,4)(H,5,6). The van der Waals surface area contributed by atoms with Crippen LogP contribution in [0.5, 0.6) is 17.2 Å². The summed E-state index contributed by atoms with van der Waals surface area (Å²) in [5.41, 5.74) is 1.85. The van der Waals surface area contributed by atoms with Crippen LogP contribution in [0, 0.1) is 0 Å². The van der Waals surface area contributed by atoms with Crippen LogP contribution in [-0.4, -0.2) is 84.9 Å². The summed E-state index contributed by atoms with van der Waals surface area (Å²) in [6.45, 7) is 6.49. The van der Waals surface area contributed by atoms with Crippen LogP contribution in [0.4, 0.5) is 0 Å². The highest BCUT2D eigenvalue weighted by molar-refractivity contribution is 6.27. The van der Waals surface area contributed by atoms with Crippen LogP contribution in [0.1, 0.15) is 22.8 Å². The lowest BCUT2D eigenvalue weighted by Gasteiger charge is -2.35. The zero-order valence-electron chi connectivity index (χ0n) is 19.5. The van der Waals surface area contributed by atoms with Crippen molar-refractivity contribution in [1.29, 1.82) is 0 Å². The van der Waals surface area contributed by atoms with Gasteiger partial charge in [0.1, 0.15) is 5.75 Å². The van der Waals surface area contributed by atoms with E-state index in [0.29, 0.717) is 31.0 Å². The topological polar surface area (TPSA) is 126 Å². The van der Waals surface area contributed by atoms with Gasteiger partial charge in [-0.25, -0.2) is 9.59 Å². The summed E-state index contributed by atoms with van der Waals surface area (Å²) in [4.78, 5) is 35.2. The molecule has 0 unspecified atom stereocenters. The molecule has 1 amide bonds. The number of amides is 1. The number of hydrogen-bond acceptors (Lipinski definition) is 7. The normalized spacial score (nSPS) is 13.3. The first kappa shape index (κ1) is 26.5. The molecule has 1 aliphatic rings. The average Bonchev–Trinajstić information content (AvgIpc) is 2.85. The van der Waals surface area contributed by atoms with Crippen molar-refractivity contribution in [1.82, 2.24) is 9.80 Å². The quantitative estimate of drug-likeness (QED) is 0.581. The van der Waals surface area contributed by atoms with Gasteiger partial charge in [-0.05, 0) is 42.8 Å². The van der Waals surface area contributed by atoms with Crippen molar-refractivity contribution in [2.24, 2.45) is 0 Å². The molecule has 0 spiro atoms. The molecular formula is C24H30N2O8. The molecule has 2 aromatic carbocycles. The molecule has 2 N–H and O–H groups in total. The van der Waals surface area contributed by atoms with Crippen LogP contribution in [0.15, 0.2) is 42.5 Å². The van der Waals surface area contributed by atoms with Gasteiger partial charge >= 0.3 is 11.9 Å². The van der Waals surface area contributed by atoms with E-state index in [-0.39, 0.29) is 5.91 Å². The molecule has 0 aliphatic carbocycles. The fraction of sp³-hybridized carbons (Fsp3) is 0.375. The second-order valence-electron chi connectivity index (χ2n) is 7.33. The molecule has 10 nitrogen and oxygen atoms in total. The van der Waals surface area contributed by atoms with Gasteiger partial charge in [0, 0.05) is 38.3 Å². The van der Waals surface area contributed by atoms with E-state index in [2.05, 4.69) is 11.0 Å². The van der Waals surface area contributed by atoms with Crippen LogP contribution in [0.2, 0.25) is 0 Å². The maximum absolute atomic E-state index is 12.7. The molecule has 1 heterocycles. The molecular weight excluding hydrogens is 444 g/mol. The number of benzene rings is 2. The zero-order valence-corrected chi connectivity index (χ0v) is 19.5. The van der Waals surface area contributed by atoms with E-state index >= 15 is 0 Å². The van der Waals surface area contributed by atoms with Crippen molar-refractivity contribution in [3.05, 3.63) is 53.6 Å². The predicted octanol–water partition coefficient (Wildman–Crippen LogP) is 2.22. The Morgan fingerprint density at radius 2 is 1.56 bits per heavy atom. The summed E-state index contributed by atoms with van der Waals surface area (Å²) in [6, 6.07) is 13.4. The van der Waals surface area contributed by atoms with Crippen LogP contribution in [0.25, 0.3) is 0 Å². The Morgan fingerprint density at radius 1 is 0.882 bits per heavy atom. The first-order chi connectivity index (χ1) is 16.3. The van der Waals surface area contributed by atoms with Crippen molar-refractivity contribution in [3.8, 4) is 17.2 Å². The van der Waals surface area contributed by atoms with Gasteiger partial charge in [0.2, 0.25) is 0 Å². The number of carbonyl (C=O) groups excluding carboxylic acids is 1. The van der Waals surface area contributed by atoms with E-state index in [1.807, 2.05) is 42.2 Å². The molecule has 0 bridgehead atoms. The van der Waals surface area contributed by atoms with E-state index in [4.69, 9.17) is 34.0 Å². The van der Waals surface area contributed by atoms with Crippen LogP contribution >= 0.6 is 0 Å². The Balaban J connectivity index is 0.000000604. The first-order valence-corrected chi connectivity index (χ1v) is 10.7. The Labute approximate surface area is 198 Å². The predicted molar refractivity (Wildman–Crippen MR) is 124 cm³/mol. The molecule has 0 saturated carbocycles. The highest BCUT2D eigenvalue weighted by atomic mass is 16.5. The Bertz CT molecular complexity index is 975. The third-order valence-corrected chi connectivity index (χ3v) is 5.09. The Morgan fingerprint density at radius 3 is 2.12 bits per heavy atom. The van der Waals surface area contributed by atoms with Gasteiger partial charge in [-0.2, -0.15) is 0 Å². The SMILES string of the molecule is CCOc1cc(CN2CCN(C(=O)c3cccc(OC)c3)CC2)ccc1OC.O=C(O)C(=O)O. The van der Waals surface area contributed by atoms with Gasteiger partial charge in [-0.3, -0.25) is 9.69 Å². The summed E-state index contributed by atoms with van der Waals surface area (Å²) in [6.07, 6.45) is 0. The van der Waals surface area contributed by atoms with Crippen LogP contribution in [-0.2, 0) is 16.1 Å². The number of nitrogens with zero attached hydrogens (tertiary/aromatic N) is 2. The maximum atomic E-state index is 12.7. The molecule has 0 atom stereocenters. The molecule has 184 valence electrons. The molecule has 0 radical (unpaired) electrons. The van der Waals surface area contributed by atoms with Gasteiger partial charge in [0.25, 0.3) is 5.91 Å². The zero-order chi connectivity index (χ0) is 25.1. The third kappa shape index (κ3) is 7.66. The monoisotopic (exact) mass is 474 g/mol.